The number of hydrogen-bond acceptors (Lipinski definition) is 7. The van der Waals surface area contributed by atoms with Gasteiger partial charge in [0.2, 0.25) is 5.88 Å². The fraction of sp³-hybridized carbons (Fsp3) is 0.200. The topological polar surface area (TPSA) is 136 Å². The maximum atomic E-state index is 13.0. The number of hydrogen-bond donors (Lipinski definition) is 2. The minimum Gasteiger partial charge on any atom is -0.463 e. The molecular weight excluding hydrogens is 452 g/mol. The zero-order valence-corrected chi connectivity index (χ0v) is 19.0. The van der Waals surface area contributed by atoms with Crippen LogP contribution in [-0.2, 0) is 14.3 Å². The van der Waals surface area contributed by atoms with Gasteiger partial charge in [0.05, 0.1) is 23.9 Å². The number of esters is 2. The maximum absolute atomic E-state index is 13.0. The van der Waals surface area contributed by atoms with Crippen LogP contribution in [0.2, 0.25) is 0 Å². The molecule has 0 fully saturated rings. The lowest BCUT2D eigenvalue weighted by molar-refractivity contribution is -0.139. The number of nitrogens with one attached hydrogen (secondary N) is 2. The predicted octanol–water partition coefficient (Wildman–Crippen LogP) is 3.28. The summed E-state index contributed by atoms with van der Waals surface area (Å²) in [6, 6.07) is 13.0. The monoisotopic (exact) mass is 474 g/mol. The summed E-state index contributed by atoms with van der Waals surface area (Å²) in [4.78, 5) is 38.2. The van der Waals surface area contributed by atoms with E-state index in [2.05, 4.69) is 10.6 Å². The molecule has 10 nitrogen and oxygen atoms in total. The first-order valence-electron chi connectivity index (χ1n) is 10.8. The van der Waals surface area contributed by atoms with E-state index in [4.69, 9.17) is 13.9 Å². The molecule has 2 N–H and O–H groups in total. The van der Waals surface area contributed by atoms with Crippen molar-refractivity contribution >= 4 is 18.0 Å². The highest BCUT2D eigenvalue weighted by atomic mass is 16.5. The minimum absolute atomic E-state index is 0.0137. The number of urea groups is 1. The molecule has 1 atom stereocenters. The molecule has 1 aliphatic heterocycles. The van der Waals surface area contributed by atoms with Crippen molar-refractivity contribution in [3.63, 3.8) is 0 Å². The average Bonchev–Trinajstić information content (AvgIpc) is 3.50. The molecule has 10 heteroatoms. The molecule has 35 heavy (non-hydrogen) atoms. The number of ether oxygens (including phenoxy) is 2. The van der Waals surface area contributed by atoms with E-state index in [9.17, 15) is 19.6 Å². The van der Waals surface area contributed by atoms with E-state index in [0.29, 0.717) is 5.56 Å². The van der Waals surface area contributed by atoms with E-state index in [1.807, 2.05) is 12.1 Å². The smallest absolute Gasteiger partial charge is 0.343 e. The van der Waals surface area contributed by atoms with Gasteiger partial charge < -0.3 is 24.5 Å². The van der Waals surface area contributed by atoms with Crippen LogP contribution in [0.3, 0.4) is 0 Å². The van der Waals surface area contributed by atoms with E-state index >= 15 is 0 Å². The number of rotatable bonds is 7. The van der Waals surface area contributed by atoms with Crippen molar-refractivity contribution in [1.82, 2.24) is 15.2 Å². The summed E-state index contributed by atoms with van der Waals surface area (Å²) in [5, 5.41) is 14.9. The van der Waals surface area contributed by atoms with Crippen LogP contribution in [0.5, 0.6) is 0 Å². The molecule has 0 saturated heterocycles. The Morgan fingerprint density at radius 3 is 2.49 bits per heavy atom. The molecule has 178 valence electrons. The highest BCUT2D eigenvalue weighted by molar-refractivity contribution is 5.96. The van der Waals surface area contributed by atoms with Gasteiger partial charge in [-0.15, -0.1) is 0 Å². The molecule has 0 aliphatic carbocycles. The van der Waals surface area contributed by atoms with E-state index in [1.54, 1.807) is 67.2 Å². The number of benzene rings is 1. The Morgan fingerprint density at radius 1 is 1.11 bits per heavy atom. The highest BCUT2D eigenvalue weighted by Crippen LogP contribution is 2.29. The van der Waals surface area contributed by atoms with Crippen LogP contribution in [0.4, 0.5) is 4.79 Å². The molecule has 1 aliphatic rings. The SMILES string of the molecule is CCOC(=O)C1=C(COC(=O)c2c(C)oc(-n3cccc3)c2C#N)NC(=O)N[C@@H]1c1ccccc1. The van der Waals surface area contributed by atoms with E-state index in [1.165, 1.54) is 0 Å². The van der Waals surface area contributed by atoms with Gasteiger partial charge in [-0.2, -0.15) is 5.26 Å². The standard InChI is InChI=1S/C25H22N4O6/c1-3-33-24(31)20-18(27-25(32)28-21(20)16-9-5-4-6-10-16)14-34-23(30)19-15(2)35-22(17(19)13-26)29-11-7-8-12-29/h4-12,21H,3,14H2,1-2H3,(H2,27,28,32)/t21-/m1/s1. The van der Waals surface area contributed by atoms with Gasteiger partial charge in [-0.1, -0.05) is 30.3 Å². The van der Waals surface area contributed by atoms with Gasteiger partial charge in [0, 0.05) is 12.4 Å². The molecule has 3 aromatic rings. The quantitative estimate of drug-likeness (QED) is 0.502. The van der Waals surface area contributed by atoms with Gasteiger partial charge in [-0.3, -0.25) is 4.57 Å². The maximum Gasteiger partial charge on any atom is 0.343 e. The molecule has 0 unspecified atom stereocenters. The van der Waals surface area contributed by atoms with Gasteiger partial charge >= 0.3 is 18.0 Å². The largest absolute Gasteiger partial charge is 0.463 e. The zero-order chi connectivity index (χ0) is 24.9. The molecule has 0 spiro atoms. The van der Waals surface area contributed by atoms with Crippen LogP contribution >= 0.6 is 0 Å². The molecule has 3 heterocycles. The Kier molecular flexibility index (Phi) is 6.69. The molecule has 0 saturated carbocycles. The number of nitrogens with zero attached hydrogens (tertiary/aromatic N) is 2. The second-order valence-corrected chi connectivity index (χ2v) is 7.55. The number of aromatic nitrogens is 1. The lowest BCUT2D eigenvalue weighted by atomic mass is 9.95. The Labute approximate surface area is 200 Å². The zero-order valence-electron chi connectivity index (χ0n) is 19.0. The molecule has 2 amide bonds. The van der Waals surface area contributed by atoms with Crippen molar-refractivity contribution in [2.75, 3.05) is 13.2 Å². The fourth-order valence-corrected chi connectivity index (χ4v) is 3.82. The number of aryl methyl sites for hydroxylation is 1. The van der Waals surface area contributed by atoms with Crippen LogP contribution in [0, 0.1) is 18.3 Å². The highest BCUT2D eigenvalue weighted by Gasteiger charge is 2.34. The molecular formula is C25H22N4O6. The van der Waals surface area contributed by atoms with Crippen LogP contribution in [0.1, 0.15) is 40.2 Å². The third-order valence-electron chi connectivity index (χ3n) is 5.35. The van der Waals surface area contributed by atoms with Crippen molar-refractivity contribution in [1.29, 1.82) is 5.26 Å². The Balaban J connectivity index is 1.66. The second-order valence-electron chi connectivity index (χ2n) is 7.55. The van der Waals surface area contributed by atoms with Crippen LogP contribution in [0.25, 0.3) is 5.88 Å². The first-order valence-corrected chi connectivity index (χ1v) is 10.8. The van der Waals surface area contributed by atoms with Crippen LogP contribution in [0.15, 0.2) is 70.5 Å². The predicted molar refractivity (Wildman–Crippen MR) is 122 cm³/mol. The van der Waals surface area contributed by atoms with Crippen molar-refractivity contribution in [2.24, 2.45) is 0 Å². The van der Waals surface area contributed by atoms with Gasteiger partial charge in [0.25, 0.3) is 0 Å². The Morgan fingerprint density at radius 2 is 1.83 bits per heavy atom. The summed E-state index contributed by atoms with van der Waals surface area (Å²) >= 11 is 0. The van der Waals surface area contributed by atoms with Crippen LogP contribution in [-0.4, -0.2) is 35.8 Å². The summed E-state index contributed by atoms with van der Waals surface area (Å²) in [6.07, 6.45) is 3.36. The lowest BCUT2D eigenvalue weighted by Crippen LogP contribution is -2.47. The molecule has 2 aromatic heterocycles. The first kappa shape index (κ1) is 23.4. The van der Waals surface area contributed by atoms with Gasteiger partial charge in [0.1, 0.15) is 29.6 Å². The second kappa shape index (κ2) is 10.0. The van der Waals surface area contributed by atoms with E-state index < -0.39 is 30.6 Å². The third kappa shape index (κ3) is 4.65. The first-order chi connectivity index (χ1) is 16.9. The van der Waals surface area contributed by atoms with Gasteiger partial charge in [-0.25, -0.2) is 14.4 Å². The van der Waals surface area contributed by atoms with Crippen molar-refractivity contribution in [2.45, 2.75) is 19.9 Å². The van der Waals surface area contributed by atoms with Crippen LogP contribution < -0.4 is 10.6 Å². The fourth-order valence-electron chi connectivity index (χ4n) is 3.82. The van der Waals surface area contributed by atoms with Gasteiger partial charge in [0.15, 0.2) is 0 Å². The van der Waals surface area contributed by atoms with Crippen molar-refractivity contribution < 1.29 is 28.3 Å². The molecule has 4 rings (SSSR count). The average molecular weight is 474 g/mol. The van der Waals surface area contributed by atoms with Crippen molar-refractivity contribution in [3.8, 4) is 12.0 Å². The summed E-state index contributed by atoms with van der Waals surface area (Å²) < 4.78 is 17.9. The van der Waals surface area contributed by atoms with E-state index in [-0.39, 0.29) is 40.6 Å². The molecule has 0 radical (unpaired) electrons. The third-order valence-corrected chi connectivity index (χ3v) is 5.35. The lowest BCUT2D eigenvalue weighted by Gasteiger charge is -2.29. The summed E-state index contributed by atoms with van der Waals surface area (Å²) in [7, 11) is 0. The minimum atomic E-state index is -0.832. The normalized spacial score (nSPS) is 15.1. The summed E-state index contributed by atoms with van der Waals surface area (Å²) in [5.74, 6) is -1.10. The van der Waals surface area contributed by atoms with E-state index in [0.717, 1.165) is 0 Å². The number of carbonyl (C=O) groups is 3. The van der Waals surface area contributed by atoms with Gasteiger partial charge in [-0.05, 0) is 31.5 Å². The Hall–Kier alpha value is -4.78. The summed E-state index contributed by atoms with van der Waals surface area (Å²) in [6.45, 7) is 2.90. The Bertz CT molecular complexity index is 1330. The molecule has 0 bridgehead atoms. The molecule has 1 aromatic carbocycles. The number of amides is 2. The number of carbonyl (C=O) groups excluding carboxylic acids is 3. The summed E-state index contributed by atoms with van der Waals surface area (Å²) in [5.41, 5.74) is 0.833. The number of nitriles is 1. The van der Waals surface area contributed by atoms with Crippen molar-refractivity contribution in [3.05, 3.63) is 88.6 Å². The number of furan rings is 1.